The van der Waals surface area contributed by atoms with E-state index in [1.54, 1.807) is 35.4 Å². The highest BCUT2D eigenvalue weighted by Crippen LogP contribution is 2.42. The number of hydrogen-bond donors (Lipinski definition) is 1. The van der Waals surface area contributed by atoms with Gasteiger partial charge in [-0.2, -0.15) is 13.2 Å². The first kappa shape index (κ1) is 21.0. The molecule has 2 aromatic carbocycles. The topological polar surface area (TPSA) is 49.2 Å². The molecule has 0 aliphatic carbocycles. The Labute approximate surface area is 182 Å². The summed E-state index contributed by atoms with van der Waals surface area (Å²) < 4.78 is 46.1. The van der Waals surface area contributed by atoms with Crippen LogP contribution in [0.1, 0.15) is 23.6 Å². The minimum Gasteiger partial charge on any atom is -0.496 e. The summed E-state index contributed by atoms with van der Waals surface area (Å²) in [5.74, 6) is 0.0871. The summed E-state index contributed by atoms with van der Waals surface area (Å²) in [4.78, 5) is 9.36. The highest BCUT2D eigenvalue weighted by molar-refractivity contribution is 6.36. The van der Waals surface area contributed by atoms with Crippen molar-refractivity contribution in [3.63, 3.8) is 0 Å². The van der Waals surface area contributed by atoms with Crippen molar-refractivity contribution in [2.24, 2.45) is 9.98 Å². The lowest BCUT2D eigenvalue weighted by molar-refractivity contribution is -0.138. The van der Waals surface area contributed by atoms with Gasteiger partial charge in [-0.25, -0.2) is 9.98 Å². The maximum absolute atomic E-state index is 13.7. The van der Waals surface area contributed by atoms with Crippen LogP contribution < -0.4 is 10.2 Å². The molecule has 2 heterocycles. The molecule has 160 valence electrons. The second-order valence-electron chi connectivity index (χ2n) is 6.93. The third kappa shape index (κ3) is 3.67. The van der Waals surface area contributed by atoms with Crippen LogP contribution in [0.4, 0.5) is 18.9 Å². The van der Waals surface area contributed by atoms with Crippen molar-refractivity contribution in [2.75, 3.05) is 13.7 Å². The van der Waals surface area contributed by atoms with Gasteiger partial charge in [0, 0.05) is 16.1 Å². The average molecular weight is 447 g/mol. The average Bonchev–Trinajstić information content (AvgIpc) is 2.91. The van der Waals surface area contributed by atoms with Crippen LogP contribution in [0.5, 0.6) is 5.75 Å². The predicted octanol–water partition coefficient (Wildman–Crippen LogP) is 5.49. The Balaban J connectivity index is 2.05. The van der Waals surface area contributed by atoms with Gasteiger partial charge in [-0.05, 0) is 25.1 Å². The molecule has 9 heteroatoms. The van der Waals surface area contributed by atoms with E-state index in [0.717, 1.165) is 6.07 Å². The van der Waals surface area contributed by atoms with Crippen molar-refractivity contribution in [3.8, 4) is 5.75 Å². The second kappa shape index (κ2) is 7.77. The molecule has 0 radical (unpaired) electrons. The molecule has 0 bridgehead atoms. The highest BCUT2D eigenvalue weighted by atomic mass is 35.5. The van der Waals surface area contributed by atoms with Crippen LogP contribution in [-0.2, 0) is 6.18 Å². The lowest BCUT2D eigenvalue weighted by atomic mass is 9.98. The van der Waals surface area contributed by atoms with Gasteiger partial charge in [0.25, 0.3) is 0 Å². The van der Waals surface area contributed by atoms with E-state index >= 15 is 0 Å². The van der Waals surface area contributed by atoms with E-state index in [0.29, 0.717) is 45.6 Å². The molecule has 0 atom stereocenters. The molecule has 2 aliphatic rings. The van der Waals surface area contributed by atoms with Gasteiger partial charge in [-0.1, -0.05) is 35.9 Å². The summed E-state index contributed by atoms with van der Waals surface area (Å²) in [6.07, 6.45) is -2.96. The monoisotopic (exact) mass is 446 g/mol. The number of methoxy groups -OCH3 is 1. The number of amidine groups is 1. The molecule has 2 aliphatic heterocycles. The molecule has 31 heavy (non-hydrogen) atoms. The third-order valence-corrected chi connectivity index (χ3v) is 5.22. The van der Waals surface area contributed by atoms with Crippen LogP contribution in [0.2, 0.25) is 5.02 Å². The van der Waals surface area contributed by atoms with Gasteiger partial charge >= 0.3 is 6.18 Å². The van der Waals surface area contributed by atoms with Gasteiger partial charge in [-0.15, -0.1) is 6.58 Å². The standard InChI is InChI=1S/C22H18ClF3N4O/c1-4-9-30-21-19(12(2)29-30)28-20(13-7-5-6-8-16(13)23)14-10-18(31-3)15(22(24,25)26)11-17(14)27-21/h4-8,10-11,29H,1,9H2,2-3H3. The predicted molar refractivity (Wildman–Crippen MR) is 115 cm³/mol. The number of nitrogens with zero attached hydrogens (tertiary/aromatic N) is 3. The highest BCUT2D eigenvalue weighted by Gasteiger charge is 2.37. The van der Waals surface area contributed by atoms with Gasteiger partial charge in [0.05, 0.1) is 36.3 Å². The molecule has 0 fully saturated rings. The number of allylic oxidation sites excluding steroid dienone is 1. The lowest BCUT2D eigenvalue weighted by Gasteiger charge is -2.19. The fraction of sp³-hybridized carbons (Fsp3) is 0.182. The Hall–Kier alpha value is -3.26. The van der Waals surface area contributed by atoms with E-state index in [4.69, 9.17) is 21.3 Å². The van der Waals surface area contributed by atoms with Gasteiger partial charge < -0.3 is 4.74 Å². The lowest BCUT2D eigenvalue weighted by Crippen LogP contribution is -2.35. The Morgan fingerprint density at radius 1 is 1.19 bits per heavy atom. The van der Waals surface area contributed by atoms with Crippen LogP contribution in [0, 0.1) is 0 Å². The summed E-state index contributed by atoms with van der Waals surface area (Å²) in [6.45, 7) is 5.93. The van der Waals surface area contributed by atoms with Crippen LogP contribution in [0.25, 0.3) is 0 Å². The Morgan fingerprint density at radius 2 is 1.94 bits per heavy atom. The summed E-state index contributed by atoms with van der Waals surface area (Å²) in [5.41, 5.74) is 4.92. The van der Waals surface area contributed by atoms with Gasteiger partial charge in [0.15, 0.2) is 5.84 Å². The molecule has 0 unspecified atom stereocenters. The first-order valence-corrected chi connectivity index (χ1v) is 9.70. The SMILES string of the molecule is C=CCN1NC(C)=C2N=C(c3ccccc3Cl)c3cc(OC)c(C(F)(F)F)cc3N=C21. The minimum absolute atomic E-state index is 0.113. The number of halogens is 4. The molecular weight excluding hydrogens is 429 g/mol. The molecule has 1 N–H and O–H groups in total. The van der Waals surface area contributed by atoms with E-state index in [1.165, 1.54) is 13.2 Å². The molecule has 0 saturated heterocycles. The molecule has 2 aromatic rings. The first-order chi connectivity index (χ1) is 14.7. The van der Waals surface area contributed by atoms with Crippen molar-refractivity contribution < 1.29 is 17.9 Å². The van der Waals surface area contributed by atoms with E-state index in [9.17, 15) is 13.2 Å². The molecule has 0 aromatic heterocycles. The zero-order chi connectivity index (χ0) is 22.3. The molecule has 0 saturated carbocycles. The third-order valence-electron chi connectivity index (χ3n) is 4.89. The number of ether oxygens (including phenoxy) is 1. The number of rotatable bonds is 4. The minimum atomic E-state index is -4.61. The molecule has 5 nitrogen and oxygen atoms in total. The fourth-order valence-electron chi connectivity index (χ4n) is 3.50. The molecule has 0 amide bonds. The molecular formula is C22H18ClF3N4O. The number of nitrogens with one attached hydrogen (secondary N) is 1. The molecule has 0 spiro atoms. The Kier molecular flexibility index (Phi) is 5.26. The number of hydrogen-bond acceptors (Lipinski definition) is 5. The fourth-order valence-corrected chi connectivity index (χ4v) is 3.72. The number of alkyl halides is 3. The summed E-state index contributed by atoms with van der Waals surface area (Å²) >= 11 is 6.43. The number of aliphatic imine (C=N–C) groups is 2. The first-order valence-electron chi connectivity index (χ1n) is 9.32. The Morgan fingerprint density at radius 3 is 2.58 bits per heavy atom. The van der Waals surface area contributed by atoms with E-state index in [-0.39, 0.29) is 11.4 Å². The smallest absolute Gasteiger partial charge is 0.420 e. The van der Waals surface area contributed by atoms with Gasteiger partial charge in [0.1, 0.15) is 11.4 Å². The second-order valence-corrected chi connectivity index (χ2v) is 7.33. The maximum atomic E-state index is 13.7. The number of fused-ring (bicyclic) bond motifs is 2. The van der Waals surface area contributed by atoms with Gasteiger partial charge in [0.2, 0.25) is 0 Å². The van der Waals surface area contributed by atoms with Crippen molar-refractivity contribution in [2.45, 2.75) is 13.1 Å². The zero-order valence-electron chi connectivity index (χ0n) is 16.7. The quantitative estimate of drug-likeness (QED) is 0.632. The summed E-state index contributed by atoms with van der Waals surface area (Å²) in [5, 5.41) is 2.10. The van der Waals surface area contributed by atoms with Crippen molar-refractivity contribution in [1.29, 1.82) is 0 Å². The van der Waals surface area contributed by atoms with Crippen molar-refractivity contribution in [3.05, 3.63) is 82.2 Å². The molecule has 4 rings (SSSR count). The summed E-state index contributed by atoms with van der Waals surface area (Å²) in [6, 6.07) is 9.32. The van der Waals surface area contributed by atoms with Crippen molar-refractivity contribution in [1.82, 2.24) is 10.4 Å². The van der Waals surface area contributed by atoms with E-state index in [1.807, 2.05) is 6.92 Å². The Bertz CT molecular complexity index is 1170. The van der Waals surface area contributed by atoms with Gasteiger partial charge in [-0.3, -0.25) is 10.4 Å². The van der Waals surface area contributed by atoms with Crippen molar-refractivity contribution >= 4 is 28.8 Å². The largest absolute Gasteiger partial charge is 0.496 e. The summed E-state index contributed by atoms with van der Waals surface area (Å²) in [7, 11) is 1.20. The van der Waals surface area contributed by atoms with Crippen LogP contribution in [0.15, 0.2) is 70.4 Å². The zero-order valence-corrected chi connectivity index (χ0v) is 17.5. The number of hydrazine groups is 1. The van der Waals surface area contributed by atoms with Crippen LogP contribution in [-0.4, -0.2) is 30.2 Å². The normalized spacial score (nSPS) is 15.5. The number of benzene rings is 2. The van der Waals surface area contributed by atoms with Crippen LogP contribution in [0.3, 0.4) is 0 Å². The maximum Gasteiger partial charge on any atom is 0.420 e. The van der Waals surface area contributed by atoms with Crippen LogP contribution >= 0.6 is 11.6 Å². The van der Waals surface area contributed by atoms with E-state index in [2.05, 4.69) is 17.0 Å². The van der Waals surface area contributed by atoms with E-state index < -0.39 is 11.7 Å².